The van der Waals surface area contributed by atoms with E-state index >= 15 is 0 Å². The molecule has 0 bridgehead atoms. The van der Waals surface area contributed by atoms with Gasteiger partial charge in [-0.1, -0.05) is 29.8 Å². The highest BCUT2D eigenvalue weighted by atomic mass is 35.5. The van der Waals surface area contributed by atoms with E-state index in [0.29, 0.717) is 16.3 Å². The summed E-state index contributed by atoms with van der Waals surface area (Å²) in [7, 11) is 0. The third-order valence-corrected chi connectivity index (χ3v) is 4.55. The van der Waals surface area contributed by atoms with Crippen LogP contribution in [0.2, 0.25) is 5.02 Å². The van der Waals surface area contributed by atoms with Crippen LogP contribution in [0.1, 0.15) is 16.8 Å². The monoisotopic (exact) mass is 415 g/mol. The van der Waals surface area contributed by atoms with Gasteiger partial charge in [0.25, 0.3) is 11.8 Å². The fraction of sp³-hybridized carbons (Fsp3) is 0.200. The fourth-order valence-corrected chi connectivity index (χ4v) is 2.94. The van der Waals surface area contributed by atoms with Gasteiger partial charge < -0.3 is 9.64 Å². The molecular weight excluding hydrogens is 398 g/mol. The van der Waals surface area contributed by atoms with Crippen LogP contribution < -0.4 is 15.8 Å². The molecule has 0 spiro atoms. The molecule has 9 heteroatoms. The molecule has 1 aliphatic heterocycles. The summed E-state index contributed by atoms with van der Waals surface area (Å²) >= 11 is 5.75. The van der Waals surface area contributed by atoms with Crippen molar-refractivity contribution in [3.05, 3.63) is 65.2 Å². The van der Waals surface area contributed by atoms with Gasteiger partial charge in [0.15, 0.2) is 6.61 Å². The van der Waals surface area contributed by atoms with Crippen LogP contribution in [0.5, 0.6) is 0 Å². The van der Waals surface area contributed by atoms with Gasteiger partial charge in [-0.15, -0.1) is 0 Å². The molecule has 3 amide bonds. The van der Waals surface area contributed by atoms with Gasteiger partial charge in [-0.3, -0.25) is 30.0 Å². The van der Waals surface area contributed by atoms with Crippen molar-refractivity contribution >= 4 is 41.0 Å². The van der Waals surface area contributed by atoms with Crippen LogP contribution >= 0.6 is 11.6 Å². The van der Waals surface area contributed by atoms with Gasteiger partial charge in [0.05, 0.1) is 5.92 Å². The van der Waals surface area contributed by atoms with Gasteiger partial charge in [0.2, 0.25) is 5.91 Å². The van der Waals surface area contributed by atoms with E-state index in [-0.39, 0.29) is 18.9 Å². The number of para-hydroxylation sites is 1. The first-order chi connectivity index (χ1) is 13.9. The van der Waals surface area contributed by atoms with Crippen LogP contribution in [0.25, 0.3) is 0 Å². The zero-order valence-corrected chi connectivity index (χ0v) is 16.0. The molecule has 0 saturated carbocycles. The lowest BCUT2D eigenvalue weighted by atomic mass is 10.1. The van der Waals surface area contributed by atoms with Crippen molar-refractivity contribution in [3.8, 4) is 0 Å². The van der Waals surface area contributed by atoms with E-state index in [1.54, 1.807) is 36.4 Å². The van der Waals surface area contributed by atoms with Crippen molar-refractivity contribution in [2.24, 2.45) is 5.92 Å². The number of hydrogen-bond donors (Lipinski definition) is 2. The van der Waals surface area contributed by atoms with Gasteiger partial charge in [-0.2, -0.15) is 0 Å². The van der Waals surface area contributed by atoms with Crippen LogP contribution in [-0.4, -0.2) is 36.8 Å². The highest BCUT2D eigenvalue weighted by Gasteiger charge is 2.36. The molecule has 1 fully saturated rings. The van der Waals surface area contributed by atoms with Gasteiger partial charge in [-0.25, -0.2) is 0 Å². The Kier molecular flexibility index (Phi) is 6.46. The third-order valence-electron chi connectivity index (χ3n) is 4.29. The lowest BCUT2D eigenvalue weighted by molar-refractivity contribution is -0.152. The average molecular weight is 416 g/mol. The molecule has 0 unspecified atom stereocenters. The van der Waals surface area contributed by atoms with Gasteiger partial charge >= 0.3 is 5.97 Å². The summed E-state index contributed by atoms with van der Waals surface area (Å²) in [5, 5.41) is 0.480. The Morgan fingerprint density at radius 2 is 1.72 bits per heavy atom. The summed E-state index contributed by atoms with van der Waals surface area (Å²) in [6, 6.07) is 15.1. The van der Waals surface area contributed by atoms with Crippen LogP contribution in [0.4, 0.5) is 5.69 Å². The molecule has 1 saturated heterocycles. The van der Waals surface area contributed by atoms with Crippen molar-refractivity contribution in [1.82, 2.24) is 10.9 Å². The number of carbonyl (C=O) groups is 4. The van der Waals surface area contributed by atoms with Crippen LogP contribution in [0.3, 0.4) is 0 Å². The lowest BCUT2D eigenvalue weighted by Gasteiger charge is -2.16. The van der Waals surface area contributed by atoms with E-state index in [2.05, 4.69) is 10.9 Å². The van der Waals surface area contributed by atoms with Crippen LogP contribution in [-0.2, 0) is 19.1 Å². The van der Waals surface area contributed by atoms with Crippen LogP contribution in [0, 0.1) is 5.92 Å². The predicted octanol–water partition coefficient (Wildman–Crippen LogP) is 1.70. The van der Waals surface area contributed by atoms with Crippen molar-refractivity contribution in [1.29, 1.82) is 0 Å². The molecule has 3 rings (SSSR count). The maximum Gasteiger partial charge on any atom is 0.311 e. The second-order valence-corrected chi connectivity index (χ2v) is 6.79. The minimum atomic E-state index is -0.704. The number of halogens is 1. The topological polar surface area (TPSA) is 105 Å². The van der Waals surface area contributed by atoms with Crippen molar-refractivity contribution in [3.63, 3.8) is 0 Å². The Labute approximate surface area is 171 Å². The Bertz CT molecular complexity index is 917. The summed E-state index contributed by atoms with van der Waals surface area (Å²) in [4.78, 5) is 49.5. The summed E-state index contributed by atoms with van der Waals surface area (Å²) in [5.41, 5.74) is 5.38. The number of esters is 1. The summed E-state index contributed by atoms with van der Waals surface area (Å²) in [6.45, 7) is -0.383. The molecule has 1 heterocycles. The number of benzene rings is 2. The number of amides is 3. The first-order valence-corrected chi connectivity index (χ1v) is 9.18. The van der Waals surface area contributed by atoms with Crippen molar-refractivity contribution < 1.29 is 23.9 Å². The SMILES string of the molecule is O=C(COC(=O)[C@@H]1CC(=O)N(c2ccccc2)C1)NNC(=O)c1ccc(Cl)cc1. The number of nitrogens with one attached hydrogen (secondary N) is 2. The van der Waals surface area contributed by atoms with Gasteiger partial charge in [-0.05, 0) is 36.4 Å². The molecular formula is C20H18ClN3O5. The Hall–Kier alpha value is -3.39. The highest BCUT2D eigenvalue weighted by Crippen LogP contribution is 2.25. The zero-order chi connectivity index (χ0) is 20.8. The number of hydrazine groups is 1. The molecule has 1 atom stereocenters. The standard InChI is InChI=1S/C20H18ClN3O5/c21-15-8-6-13(7-9-15)19(27)23-22-17(25)12-29-20(28)14-10-18(26)24(11-14)16-4-2-1-3-5-16/h1-9,14H,10-12H2,(H,22,25)(H,23,27)/t14-/m1/s1. The first kappa shape index (κ1) is 20.3. The molecule has 0 aromatic heterocycles. The molecule has 2 N–H and O–H groups in total. The number of nitrogens with zero attached hydrogens (tertiary/aromatic N) is 1. The number of carbonyl (C=O) groups excluding carboxylic acids is 4. The molecule has 2 aromatic carbocycles. The first-order valence-electron chi connectivity index (χ1n) is 8.81. The second kappa shape index (κ2) is 9.20. The lowest BCUT2D eigenvalue weighted by Crippen LogP contribution is -2.43. The van der Waals surface area contributed by atoms with Crippen molar-refractivity contribution in [2.45, 2.75) is 6.42 Å². The normalized spacial score (nSPS) is 15.7. The van der Waals surface area contributed by atoms with E-state index in [1.165, 1.54) is 17.0 Å². The summed E-state index contributed by atoms with van der Waals surface area (Å²) in [6.07, 6.45) is 0.0165. The number of ether oxygens (including phenoxy) is 1. The molecule has 2 aromatic rings. The molecule has 150 valence electrons. The van der Waals surface area contributed by atoms with Gasteiger partial charge in [0.1, 0.15) is 0 Å². The molecule has 29 heavy (non-hydrogen) atoms. The molecule has 1 aliphatic rings. The Morgan fingerprint density at radius 3 is 2.41 bits per heavy atom. The minimum absolute atomic E-state index is 0.0165. The Balaban J connectivity index is 1.43. The quantitative estimate of drug-likeness (QED) is 0.571. The van der Waals surface area contributed by atoms with E-state index in [9.17, 15) is 19.2 Å². The molecule has 0 radical (unpaired) electrons. The molecule has 0 aliphatic carbocycles. The highest BCUT2D eigenvalue weighted by molar-refractivity contribution is 6.30. The largest absolute Gasteiger partial charge is 0.455 e. The van der Waals surface area contributed by atoms with E-state index < -0.39 is 30.3 Å². The van der Waals surface area contributed by atoms with Crippen LogP contribution in [0.15, 0.2) is 54.6 Å². The van der Waals surface area contributed by atoms with E-state index in [1.807, 2.05) is 6.07 Å². The Morgan fingerprint density at radius 1 is 1.03 bits per heavy atom. The number of hydrogen-bond acceptors (Lipinski definition) is 5. The van der Waals surface area contributed by atoms with Crippen molar-refractivity contribution in [2.75, 3.05) is 18.1 Å². The maximum absolute atomic E-state index is 12.2. The fourth-order valence-electron chi connectivity index (χ4n) is 2.81. The predicted molar refractivity (Wildman–Crippen MR) is 105 cm³/mol. The zero-order valence-electron chi connectivity index (χ0n) is 15.3. The summed E-state index contributed by atoms with van der Waals surface area (Å²) < 4.78 is 4.98. The smallest absolute Gasteiger partial charge is 0.311 e. The minimum Gasteiger partial charge on any atom is -0.455 e. The van der Waals surface area contributed by atoms with Gasteiger partial charge in [0, 0.05) is 29.2 Å². The second-order valence-electron chi connectivity index (χ2n) is 6.36. The number of rotatable bonds is 5. The van der Waals surface area contributed by atoms with E-state index in [4.69, 9.17) is 16.3 Å². The maximum atomic E-state index is 12.2. The summed E-state index contributed by atoms with van der Waals surface area (Å²) in [5.74, 6) is -2.72. The number of anilines is 1. The average Bonchev–Trinajstić information content (AvgIpc) is 3.13. The molecule has 8 nitrogen and oxygen atoms in total. The van der Waals surface area contributed by atoms with E-state index in [0.717, 1.165) is 0 Å². The third kappa shape index (κ3) is 5.32.